The van der Waals surface area contributed by atoms with Crippen molar-refractivity contribution in [3.05, 3.63) is 0 Å². The van der Waals surface area contributed by atoms with Crippen LogP contribution in [0.1, 0.15) is 67.7 Å². The second kappa shape index (κ2) is 9.02. The van der Waals surface area contributed by atoms with Crippen LogP contribution in [-0.4, -0.2) is 43.4 Å². The Hall–Kier alpha value is -1.29. The van der Waals surface area contributed by atoms with E-state index in [1.807, 2.05) is 41.5 Å². The van der Waals surface area contributed by atoms with Gasteiger partial charge in [0.25, 0.3) is 0 Å². The summed E-state index contributed by atoms with van der Waals surface area (Å²) in [4.78, 5) is 24.0. The Kier molecular flexibility index (Phi) is 8.61. The van der Waals surface area contributed by atoms with E-state index < -0.39 is 51.4 Å². The van der Waals surface area contributed by atoms with Crippen molar-refractivity contribution in [2.24, 2.45) is 16.2 Å². The Bertz CT molecular complexity index is 671. The summed E-state index contributed by atoms with van der Waals surface area (Å²) >= 11 is 0. The minimum absolute atomic E-state index is 0.149. The fraction of sp³-hybridized carbons (Fsp3) is 0.889. The van der Waals surface area contributed by atoms with Crippen LogP contribution in [0.4, 0.5) is 8.78 Å². The largest absolute Gasteiger partial charge is 0.465 e. The van der Waals surface area contributed by atoms with Gasteiger partial charge in [-0.15, -0.1) is 0 Å². The molecule has 0 aliphatic rings. The Morgan fingerprint density at radius 2 is 1.32 bits per heavy atom. The Morgan fingerprint density at radius 3 is 1.68 bits per heavy atom. The van der Waals surface area contributed by atoms with Crippen molar-refractivity contribution in [3.63, 3.8) is 0 Å². The summed E-state index contributed by atoms with van der Waals surface area (Å²) in [5.41, 5.74) is -1.46. The maximum absolute atomic E-state index is 13.1. The van der Waals surface area contributed by atoms with E-state index in [2.05, 4.69) is 4.74 Å². The summed E-state index contributed by atoms with van der Waals surface area (Å²) in [6, 6.07) is 0. The van der Waals surface area contributed by atoms with Gasteiger partial charge in [-0.05, 0) is 30.6 Å². The van der Waals surface area contributed by atoms with Gasteiger partial charge in [-0.3, -0.25) is 9.35 Å². The summed E-state index contributed by atoms with van der Waals surface area (Å²) in [6.45, 7) is 12.4. The fourth-order valence-electron chi connectivity index (χ4n) is 2.68. The van der Waals surface area contributed by atoms with E-state index in [1.54, 1.807) is 6.92 Å². The normalized spacial score (nSPS) is 15.6. The molecule has 0 fully saturated rings. The highest BCUT2D eigenvalue weighted by molar-refractivity contribution is 7.87. The lowest BCUT2D eigenvalue weighted by atomic mass is 9.58. The van der Waals surface area contributed by atoms with Gasteiger partial charge in [-0.25, -0.2) is 4.79 Å². The number of alkyl halides is 2. The van der Waals surface area contributed by atoms with Crippen LogP contribution in [0.25, 0.3) is 0 Å². The molecular weight excluding hydrogens is 398 g/mol. The van der Waals surface area contributed by atoms with Gasteiger partial charge in [0.15, 0.2) is 0 Å². The third-order valence-electron chi connectivity index (χ3n) is 5.73. The van der Waals surface area contributed by atoms with Crippen molar-refractivity contribution in [2.45, 2.75) is 73.0 Å². The molecule has 0 radical (unpaired) electrons. The zero-order chi connectivity index (χ0) is 22.6. The third-order valence-corrected chi connectivity index (χ3v) is 6.54. The smallest absolute Gasteiger partial charge is 0.462 e. The van der Waals surface area contributed by atoms with Gasteiger partial charge < -0.3 is 9.47 Å². The molecule has 10 heteroatoms. The maximum Gasteiger partial charge on any atom is 0.465 e. The third kappa shape index (κ3) is 6.10. The summed E-state index contributed by atoms with van der Waals surface area (Å²) < 4.78 is 64.8. The van der Waals surface area contributed by atoms with E-state index in [0.717, 1.165) is 6.42 Å². The van der Waals surface area contributed by atoms with Crippen molar-refractivity contribution >= 4 is 22.1 Å². The summed E-state index contributed by atoms with van der Waals surface area (Å²) in [7, 11) is -5.94. The summed E-state index contributed by atoms with van der Waals surface area (Å²) in [5.74, 6) is -2.99. The van der Waals surface area contributed by atoms with Gasteiger partial charge in [-0.2, -0.15) is 17.2 Å². The van der Waals surface area contributed by atoms with E-state index in [-0.39, 0.29) is 5.41 Å². The van der Waals surface area contributed by atoms with Crippen molar-refractivity contribution < 1.29 is 40.8 Å². The van der Waals surface area contributed by atoms with E-state index >= 15 is 0 Å². The van der Waals surface area contributed by atoms with Gasteiger partial charge in [0.2, 0.25) is 0 Å². The summed E-state index contributed by atoms with van der Waals surface area (Å²) in [5, 5.41) is -5.08. The van der Waals surface area contributed by atoms with E-state index in [1.165, 1.54) is 0 Å². The maximum atomic E-state index is 13.1. The first-order chi connectivity index (χ1) is 12.4. The molecule has 28 heavy (non-hydrogen) atoms. The van der Waals surface area contributed by atoms with E-state index in [9.17, 15) is 26.8 Å². The van der Waals surface area contributed by atoms with Crippen LogP contribution < -0.4 is 0 Å². The number of carbonyl (C=O) groups excluding carboxylic acids is 2. The second-order valence-electron chi connectivity index (χ2n) is 8.53. The number of halogens is 2. The lowest BCUT2D eigenvalue weighted by Gasteiger charge is -2.45. The van der Waals surface area contributed by atoms with Crippen molar-refractivity contribution in [1.82, 2.24) is 0 Å². The molecule has 0 aromatic carbocycles. The van der Waals surface area contributed by atoms with Crippen LogP contribution >= 0.6 is 0 Å². The predicted molar refractivity (Wildman–Crippen MR) is 99.3 cm³/mol. The predicted octanol–water partition coefficient (Wildman–Crippen LogP) is 3.82. The molecule has 7 nitrogen and oxygen atoms in total. The minimum atomic E-state index is -5.94. The molecule has 0 amide bonds. The Labute approximate surface area is 165 Å². The molecule has 0 spiro atoms. The van der Waals surface area contributed by atoms with Gasteiger partial charge >= 0.3 is 27.3 Å². The first-order valence-electron chi connectivity index (χ1n) is 9.07. The molecule has 0 saturated heterocycles. The highest BCUT2D eigenvalue weighted by Gasteiger charge is 2.54. The lowest BCUT2D eigenvalue weighted by Crippen LogP contribution is -2.46. The topological polar surface area (TPSA) is 107 Å². The molecule has 0 bridgehead atoms. The van der Waals surface area contributed by atoms with Gasteiger partial charge in [0, 0.05) is 0 Å². The van der Waals surface area contributed by atoms with Crippen LogP contribution in [0, 0.1) is 16.2 Å². The average molecular weight is 431 g/mol. The summed E-state index contributed by atoms with van der Waals surface area (Å²) in [6.07, 6.45) is 2.04. The highest BCUT2D eigenvalue weighted by Crippen LogP contribution is 2.50. The van der Waals surface area contributed by atoms with Crippen molar-refractivity contribution in [1.29, 1.82) is 0 Å². The zero-order valence-electron chi connectivity index (χ0n) is 17.6. The molecular formula is C18H32F2O7S. The first kappa shape index (κ1) is 26.7. The lowest BCUT2D eigenvalue weighted by molar-refractivity contribution is -0.173. The number of hydrogen-bond acceptors (Lipinski definition) is 6. The molecule has 0 rings (SSSR count). The van der Waals surface area contributed by atoms with Gasteiger partial charge in [0.1, 0.15) is 13.2 Å². The molecule has 166 valence electrons. The molecule has 0 aliphatic carbocycles. The first-order valence-corrected chi connectivity index (χ1v) is 10.5. The monoisotopic (exact) mass is 430 g/mol. The number of ether oxygens (including phenoxy) is 2. The molecule has 0 aromatic heterocycles. The van der Waals surface area contributed by atoms with E-state index in [4.69, 9.17) is 9.29 Å². The highest BCUT2D eigenvalue weighted by atomic mass is 32.2. The fourth-order valence-corrected chi connectivity index (χ4v) is 2.95. The standard InChI is InChI=1S/C18H32F2O7S/c1-8-15(3,4)12-17(7,16(5,6)9-2)13(21)26-10-11-27-14(22)18(19,20)28(23,24)25/h8-12H2,1-7H3,(H,23,24,25). The Balaban J connectivity index is 5.12. The van der Waals surface area contributed by atoms with Crippen LogP contribution in [0.3, 0.4) is 0 Å². The van der Waals surface area contributed by atoms with Gasteiger partial charge in [0.05, 0.1) is 5.41 Å². The van der Waals surface area contributed by atoms with Crippen LogP contribution in [0.15, 0.2) is 0 Å². The molecule has 1 unspecified atom stereocenters. The van der Waals surface area contributed by atoms with E-state index in [0.29, 0.717) is 12.8 Å². The number of rotatable bonds is 11. The van der Waals surface area contributed by atoms with Gasteiger partial charge in [-0.1, -0.05) is 48.0 Å². The number of hydrogen-bond donors (Lipinski definition) is 1. The van der Waals surface area contributed by atoms with Crippen molar-refractivity contribution in [3.8, 4) is 0 Å². The second-order valence-corrected chi connectivity index (χ2v) is 9.99. The molecule has 1 N–H and O–H groups in total. The quantitative estimate of drug-likeness (QED) is 0.302. The number of esters is 2. The number of carbonyl (C=O) groups is 2. The molecule has 0 aliphatic heterocycles. The van der Waals surface area contributed by atoms with Crippen LogP contribution in [0.2, 0.25) is 0 Å². The van der Waals surface area contributed by atoms with Crippen molar-refractivity contribution in [2.75, 3.05) is 13.2 Å². The molecule has 0 heterocycles. The van der Waals surface area contributed by atoms with Crippen LogP contribution in [0.5, 0.6) is 0 Å². The van der Waals surface area contributed by atoms with Crippen LogP contribution in [-0.2, 0) is 29.2 Å². The SMILES string of the molecule is CCC(C)(C)CC(C)(C(=O)OCCOC(=O)C(F)(F)S(=O)(=O)O)C(C)(C)CC. The zero-order valence-corrected chi connectivity index (χ0v) is 18.4. The molecule has 0 aromatic rings. The molecule has 1 atom stereocenters. The average Bonchev–Trinajstić information content (AvgIpc) is 2.56. The minimum Gasteiger partial charge on any atom is -0.462 e. The Morgan fingerprint density at radius 1 is 0.893 bits per heavy atom. The molecule has 0 saturated carbocycles.